The summed E-state index contributed by atoms with van der Waals surface area (Å²) in [4.78, 5) is 13.7. The highest BCUT2D eigenvalue weighted by atomic mass is 16.3. The SMILES string of the molecule is O=CC(c1ccc(O)cc1)N1CCC(O)(Cc2ccccc2)CC1. The van der Waals surface area contributed by atoms with Crippen LogP contribution in [0.4, 0.5) is 0 Å². The average molecular weight is 325 g/mol. The molecule has 1 aliphatic rings. The molecule has 4 nitrogen and oxygen atoms in total. The topological polar surface area (TPSA) is 60.8 Å². The molecular formula is C20H23NO3. The fourth-order valence-corrected chi connectivity index (χ4v) is 3.42. The van der Waals surface area contributed by atoms with Crippen molar-refractivity contribution in [2.24, 2.45) is 0 Å². The molecule has 0 saturated carbocycles. The van der Waals surface area contributed by atoms with E-state index in [1.807, 2.05) is 30.3 Å². The summed E-state index contributed by atoms with van der Waals surface area (Å²) in [6.07, 6.45) is 2.87. The molecule has 3 rings (SSSR count). The first-order valence-electron chi connectivity index (χ1n) is 8.34. The van der Waals surface area contributed by atoms with Gasteiger partial charge >= 0.3 is 0 Å². The summed E-state index contributed by atoms with van der Waals surface area (Å²) < 4.78 is 0. The van der Waals surface area contributed by atoms with Gasteiger partial charge in [-0.3, -0.25) is 4.90 Å². The molecular weight excluding hydrogens is 302 g/mol. The van der Waals surface area contributed by atoms with Gasteiger partial charge in [0.05, 0.1) is 11.6 Å². The first kappa shape index (κ1) is 16.7. The van der Waals surface area contributed by atoms with Gasteiger partial charge in [0.1, 0.15) is 12.0 Å². The minimum absolute atomic E-state index is 0.194. The molecule has 0 aliphatic carbocycles. The number of rotatable bonds is 5. The second-order valence-corrected chi connectivity index (χ2v) is 6.60. The number of likely N-dealkylation sites (tertiary alicyclic amines) is 1. The van der Waals surface area contributed by atoms with E-state index in [9.17, 15) is 15.0 Å². The largest absolute Gasteiger partial charge is 0.508 e. The zero-order valence-corrected chi connectivity index (χ0v) is 13.6. The van der Waals surface area contributed by atoms with Gasteiger partial charge < -0.3 is 15.0 Å². The van der Waals surface area contributed by atoms with Crippen molar-refractivity contribution in [1.82, 2.24) is 4.90 Å². The Hall–Kier alpha value is -2.17. The van der Waals surface area contributed by atoms with Crippen LogP contribution in [0.25, 0.3) is 0 Å². The van der Waals surface area contributed by atoms with E-state index < -0.39 is 5.60 Å². The molecule has 2 aromatic rings. The molecule has 0 bridgehead atoms. The molecule has 0 spiro atoms. The molecule has 1 fully saturated rings. The molecule has 1 aliphatic heterocycles. The maximum atomic E-state index is 11.6. The van der Waals surface area contributed by atoms with E-state index >= 15 is 0 Å². The summed E-state index contributed by atoms with van der Waals surface area (Å²) in [6, 6.07) is 16.4. The fourth-order valence-electron chi connectivity index (χ4n) is 3.42. The summed E-state index contributed by atoms with van der Waals surface area (Å²) in [5, 5.41) is 20.3. The number of phenols is 1. The standard InChI is InChI=1S/C20H23NO3/c22-15-19(17-6-8-18(23)9-7-17)21-12-10-20(24,11-13-21)14-16-4-2-1-3-5-16/h1-9,15,19,23-24H,10-14H2. The highest BCUT2D eigenvalue weighted by molar-refractivity contribution is 5.61. The van der Waals surface area contributed by atoms with Crippen LogP contribution in [0.5, 0.6) is 5.75 Å². The van der Waals surface area contributed by atoms with Crippen LogP contribution in [0.2, 0.25) is 0 Å². The van der Waals surface area contributed by atoms with Crippen molar-refractivity contribution in [3.63, 3.8) is 0 Å². The molecule has 0 radical (unpaired) electrons. The van der Waals surface area contributed by atoms with Crippen molar-refractivity contribution in [3.05, 3.63) is 65.7 Å². The lowest BCUT2D eigenvalue weighted by molar-refractivity contribution is -0.114. The predicted octanol–water partition coefficient (Wildman–Crippen LogP) is 2.70. The zero-order valence-electron chi connectivity index (χ0n) is 13.6. The summed E-state index contributed by atoms with van der Waals surface area (Å²) in [5.74, 6) is 0.194. The van der Waals surface area contributed by atoms with Crippen molar-refractivity contribution in [2.75, 3.05) is 13.1 Å². The van der Waals surface area contributed by atoms with Crippen LogP contribution in [0.1, 0.15) is 30.0 Å². The number of aromatic hydroxyl groups is 1. The molecule has 1 saturated heterocycles. The second-order valence-electron chi connectivity index (χ2n) is 6.60. The Morgan fingerprint density at radius 2 is 1.67 bits per heavy atom. The van der Waals surface area contributed by atoms with Crippen molar-refractivity contribution in [1.29, 1.82) is 0 Å². The Morgan fingerprint density at radius 3 is 2.25 bits per heavy atom. The first-order chi connectivity index (χ1) is 11.6. The summed E-state index contributed by atoms with van der Waals surface area (Å²) in [5.41, 5.74) is 1.30. The lowest BCUT2D eigenvalue weighted by Gasteiger charge is -2.40. The van der Waals surface area contributed by atoms with E-state index in [1.54, 1.807) is 24.3 Å². The molecule has 4 heteroatoms. The Labute approximate surface area is 142 Å². The monoisotopic (exact) mass is 325 g/mol. The van der Waals surface area contributed by atoms with Crippen molar-refractivity contribution in [2.45, 2.75) is 30.9 Å². The third kappa shape index (κ3) is 3.83. The Bertz CT molecular complexity index is 661. The van der Waals surface area contributed by atoms with Gasteiger partial charge in [-0.1, -0.05) is 42.5 Å². The van der Waals surface area contributed by atoms with Crippen LogP contribution < -0.4 is 0 Å². The van der Waals surface area contributed by atoms with E-state index in [-0.39, 0.29) is 11.8 Å². The zero-order chi connectivity index (χ0) is 17.0. The third-order valence-electron chi connectivity index (χ3n) is 4.86. The van der Waals surface area contributed by atoms with Crippen molar-refractivity contribution < 1.29 is 15.0 Å². The number of benzene rings is 2. The number of nitrogens with zero attached hydrogens (tertiary/aromatic N) is 1. The maximum Gasteiger partial charge on any atom is 0.141 e. The number of hydrogen-bond donors (Lipinski definition) is 2. The quantitative estimate of drug-likeness (QED) is 0.830. The number of aldehydes is 1. The summed E-state index contributed by atoms with van der Waals surface area (Å²) in [7, 11) is 0. The molecule has 1 heterocycles. The molecule has 126 valence electrons. The van der Waals surface area contributed by atoms with Crippen LogP contribution in [-0.2, 0) is 11.2 Å². The minimum Gasteiger partial charge on any atom is -0.508 e. The highest BCUT2D eigenvalue weighted by Gasteiger charge is 2.35. The van der Waals surface area contributed by atoms with Gasteiger partial charge in [-0.25, -0.2) is 0 Å². The lowest BCUT2D eigenvalue weighted by Crippen LogP contribution is -2.47. The van der Waals surface area contributed by atoms with Crippen LogP contribution >= 0.6 is 0 Å². The first-order valence-corrected chi connectivity index (χ1v) is 8.34. The van der Waals surface area contributed by atoms with Crippen LogP contribution in [0, 0.1) is 0 Å². The number of carbonyl (C=O) groups is 1. The minimum atomic E-state index is -0.708. The Morgan fingerprint density at radius 1 is 1.04 bits per heavy atom. The Kier molecular flexibility index (Phi) is 4.97. The van der Waals surface area contributed by atoms with Crippen molar-refractivity contribution in [3.8, 4) is 5.75 Å². The number of hydrogen-bond acceptors (Lipinski definition) is 4. The van der Waals surface area contributed by atoms with E-state index in [4.69, 9.17) is 0 Å². The molecule has 1 atom stereocenters. The van der Waals surface area contributed by atoms with Crippen LogP contribution in [0.3, 0.4) is 0 Å². The van der Waals surface area contributed by atoms with Gasteiger partial charge in [0.25, 0.3) is 0 Å². The summed E-state index contributed by atoms with van der Waals surface area (Å²) >= 11 is 0. The van der Waals surface area contributed by atoms with E-state index in [1.165, 1.54) is 0 Å². The van der Waals surface area contributed by atoms with Gasteiger partial charge in [0, 0.05) is 19.5 Å². The van der Waals surface area contributed by atoms with Crippen LogP contribution in [0.15, 0.2) is 54.6 Å². The molecule has 0 amide bonds. The van der Waals surface area contributed by atoms with E-state index in [0.717, 1.165) is 17.4 Å². The molecule has 24 heavy (non-hydrogen) atoms. The van der Waals surface area contributed by atoms with E-state index in [0.29, 0.717) is 32.4 Å². The summed E-state index contributed by atoms with van der Waals surface area (Å²) in [6.45, 7) is 1.35. The maximum absolute atomic E-state index is 11.6. The van der Waals surface area contributed by atoms with Crippen LogP contribution in [-0.4, -0.2) is 40.1 Å². The smallest absolute Gasteiger partial charge is 0.141 e. The third-order valence-corrected chi connectivity index (χ3v) is 4.86. The van der Waals surface area contributed by atoms with Gasteiger partial charge in [-0.2, -0.15) is 0 Å². The second kappa shape index (κ2) is 7.16. The predicted molar refractivity (Wildman–Crippen MR) is 92.8 cm³/mol. The van der Waals surface area contributed by atoms with Gasteiger partial charge in [-0.05, 0) is 36.1 Å². The van der Waals surface area contributed by atoms with Gasteiger partial charge in [0.15, 0.2) is 0 Å². The average Bonchev–Trinajstić information content (AvgIpc) is 2.60. The molecule has 0 aromatic heterocycles. The van der Waals surface area contributed by atoms with E-state index in [2.05, 4.69) is 4.90 Å². The highest BCUT2D eigenvalue weighted by Crippen LogP contribution is 2.31. The van der Waals surface area contributed by atoms with Gasteiger partial charge in [-0.15, -0.1) is 0 Å². The number of piperidine rings is 1. The Balaban J connectivity index is 1.65. The normalized spacial score (nSPS) is 18.9. The van der Waals surface area contributed by atoms with Crippen molar-refractivity contribution >= 4 is 6.29 Å². The lowest BCUT2D eigenvalue weighted by atomic mass is 9.84. The number of carbonyl (C=O) groups excluding carboxylic acids is 1. The number of aliphatic hydroxyl groups is 1. The molecule has 2 aromatic carbocycles. The fraction of sp³-hybridized carbons (Fsp3) is 0.350. The number of phenolic OH excluding ortho intramolecular Hbond substituents is 1. The molecule has 1 unspecified atom stereocenters. The van der Waals surface area contributed by atoms with Gasteiger partial charge in [0.2, 0.25) is 0 Å². The molecule has 2 N–H and O–H groups in total.